The van der Waals surface area contributed by atoms with Gasteiger partial charge in [0, 0.05) is 30.3 Å². The molecule has 1 aliphatic heterocycles. The average molecular weight is 408 g/mol. The second-order valence-corrected chi connectivity index (χ2v) is 8.13. The van der Waals surface area contributed by atoms with Crippen molar-refractivity contribution in [3.05, 3.63) is 65.2 Å². The van der Waals surface area contributed by atoms with Crippen LogP contribution in [-0.4, -0.2) is 49.7 Å². The van der Waals surface area contributed by atoms with E-state index in [1.807, 2.05) is 19.1 Å². The van der Waals surface area contributed by atoms with Crippen molar-refractivity contribution >= 4 is 5.97 Å². The zero-order valence-corrected chi connectivity index (χ0v) is 18.0. The molecule has 1 saturated heterocycles. The van der Waals surface area contributed by atoms with Crippen molar-refractivity contribution in [2.75, 3.05) is 27.8 Å². The van der Waals surface area contributed by atoms with Gasteiger partial charge in [-0.2, -0.15) is 0 Å². The summed E-state index contributed by atoms with van der Waals surface area (Å²) >= 11 is 0. The van der Waals surface area contributed by atoms with Crippen LogP contribution in [0.15, 0.2) is 48.5 Å². The molecule has 0 amide bonds. The maximum absolute atomic E-state index is 12.7. The molecule has 1 aromatic heterocycles. The third-order valence-electron chi connectivity index (χ3n) is 6.61. The van der Waals surface area contributed by atoms with Gasteiger partial charge in [-0.3, -0.25) is 4.98 Å². The van der Waals surface area contributed by atoms with Gasteiger partial charge < -0.3 is 19.1 Å². The molecule has 2 aromatic rings. The summed E-state index contributed by atoms with van der Waals surface area (Å²) in [4.78, 5) is 19.1. The smallest absolute Gasteiger partial charge is 0.345 e. The first-order chi connectivity index (χ1) is 14.5. The highest BCUT2D eigenvalue weighted by molar-refractivity contribution is 5.91. The molecule has 6 nitrogen and oxygen atoms in total. The van der Waals surface area contributed by atoms with Gasteiger partial charge >= 0.3 is 5.97 Å². The number of likely N-dealkylation sites (tertiary alicyclic amines) is 1. The Hall–Kier alpha value is -2.86. The Bertz CT molecular complexity index is 987. The normalized spacial score (nSPS) is 23.5. The number of methoxy groups -OCH3 is 2. The molecule has 1 aromatic carbocycles. The highest BCUT2D eigenvalue weighted by atomic mass is 16.5. The van der Waals surface area contributed by atoms with Gasteiger partial charge in [0.05, 0.1) is 19.8 Å². The molecular formula is C24H28N2O4. The minimum absolute atomic E-state index is 0.0333. The number of pyridine rings is 1. The number of esters is 1. The zero-order chi connectivity index (χ0) is 21.3. The number of allylic oxidation sites excluding steroid dienone is 1. The monoisotopic (exact) mass is 408 g/mol. The predicted molar refractivity (Wildman–Crippen MR) is 114 cm³/mol. The number of fused-ring (bicyclic) bond motifs is 1. The van der Waals surface area contributed by atoms with Crippen molar-refractivity contribution in [3.63, 3.8) is 0 Å². The number of carbonyl (C=O) groups excluding carboxylic acids is 1. The van der Waals surface area contributed by atoms with Crippen LogP contribution in [-0.2, 0) is 10.2 Å². The van der Waals surface area contributed by atoms with Gasteiger partial charge in [0.2, 0.25) is 0 Å². The highest BCUT2D eigenvalue weighted by Gasteiger charge is 2.49. The van der Waals surface area contributed by atoms with Crippen molar-refractivity contribution < 1.29 is 19.0 Å². The van der Waals surface area contributed by atoms with Crippen LogP contribution in [0.5, 0.6) is 11.5 Å². The van der Waals surface area contributed by atoms with Crippen LogP contribution < -0.4 is 9.47 Å². The van der Waals surface area contributed by atoms with Crippen LogP contribution in [0.4, 0.5) is 0 Å². The van der Waals surface area contributed by atoms with Gasteiger partial charge in [-0.25, -0.2) is 4.79 Å². The van der Waals surface area contributed by atoms with Gasteiger partial charge in [-0.15, -0.1) is 0 Å². The predicted octanol–water partition coefficient (Wildman–Crippen LogP) is 3.88. The fraction of sp³-hybridized carbons (Fsp3) is 0.417. The maximum atomic E-state index is 12.7. The molecule has 0 N–H and O–H groups in total. The van der Waals surface area contributed by atoms with E-state index >= 15 is 0 Å². The summed E-state index contributed by atoms with van der Waals surface area (Å²) in [5.41, 5.74) is 2.58. The largest absolute Gasteiger partial charge is 0.493 e. The lowest BCUT2D eigenvalue weighted by molar-refractivity contribution is 0.0578. The Morgan fingerprint density at radius 2 is 2.00 bits per heavy atom. The summed E-state index contributed by atoms with van der Waals surface area (Å²) in [5, 5.41) is 0. The Kier molecular flexibility index (Phi) is 5.52. The van der Waals surface area contributed by atoms with E-state index in [-0.39, 0.29) is 17.4 Å². The summed E-state index contributed by atoms with van der Waals surface area (Å²) < 4.78 is 16.7. The molecule has 0 radical (unpaired) electrons. The summed E-state index contributed by atoms with van der Waals surface area (Å²) in [6.07, 6.45) is 7.87. The van der Waals surface area contributed by atoms with E-state index < -0.39 is 0 Å². The maximum Gasteiger partial charge on any atom is 0.345 e. The summed E-state index contributed by atoms with van der Waals surface area (Å²) in [6, 6.07) is 8.27. The molecule has 0 saturated carbocycles. The van der Waals surface area contributed by atoms with Crippen molar-refractivity contribution in [1.82, 2.24) is 9.88 Å². The first kappa shape index (κ1) is 20.4. The fourth-order valence-corrected chi connectivity index (χ4v) is 4.81. The number of likely N-dealkylation sites (N-methyl/N-ethyl adjacent to an activating group) is 1. The molecule has 0 spiro atoms. The summed E-state index contributed by atoms with van der Waals surface area (Å²) in [5.74, 6) is 1.86. The number of rotatable bonds is 5. The van der Waals surface area contributed by atoms with E-state index in [0.29, 0.717) is 12.0 Å². The van der Waals surface area contributed by atoms with Crippen LogP contribution in [0.25, 0.3) is 0 Å². The molecule has 0 unspecified atom stereocenters. The second-order valence-electron chi connectivity index (χ2n) is 8.13. The van der Waals surface area contributed by atoms with Gasteiger partial charge in [0.15, 0.2) is 11.5 Å². The van der Waals surface area contributed by atoms with E-state index in [1.165, 1.54) is 5.56 Å². The first-order valence-electron chi connectivity index (χ1n) is 10.2. The number of aryl methyl sites for hydroxylation is 1. The van der Waals surface area contributed by atoms with Crippen LogP contribution in [0.2, 0.25) is 0 Å². The van der Waals surface area contributed by atoms with Gasteiger partial charge in [0.25, 0.3) is 0 Å². The minimum Gasteiger partial charge on any atom is -0.493 e. The molecule has 4 rings (SSSR count). The van der Waals surface area contributed by atoms with E-state index in [4.69, 9.17) is 14.2 Å². The van der Waals surface area contributed by atoms with Crippen molar-refractivity contribution in [2.45, 2.75) is 37.6 Å². The summed E-state index contributed by atoms with van der Waals surface area (Å²) in [6.45, 7) is 2.89. The van der Waals surface area contributed by atoms with E-state index in [2.05, 4.69) is 35.1 Å². The molecule has 2 aliphatic rings. The molecule has 2 heterocycles. The molecule has 0 bridgehead atoms. The van der Waals surface area contributed by atoms with E-state index in [0.717, 1.165) is 42.2 Å². The number of ether oxygens (including phenoxy) is 3. The van der Waals surface area contributed by atoms with Crippen LogP contribution in [0, 0.1) is 6.92 Å². The van der Waals surface area contributed by atoms with Gasteiger partial charge in [-0.05, 0) is 68.8 Å². The number of benzene rings is 1. The molecular weight excluding hydrogens is 380 g/mol. The molecule has 30 heavy (non-hydrogen) atoms. The van der Waals surface area contributed by atoms with Crippen molar-refractivity contribution in [2.24, 2.45) is 0 Å². The van der Waals surface area contributed by atoms with E-state index in [1.54, 1.807) is 26.6 Å². The lowest BCUT2D eigenvalue weighted by atomic mass is 9.68. The third kappa shape index (κ3) is 3.45. The Balaban J connectivity index is 1.62. The van der Waals surface area contributed by atoms with E-state index in [9.17, 15) is 4.79 Å². The molecule has 158 valence electrons. The van der Waals surface area contributed by atoms with Crippen LogP contribution in [0.3, 0.4) is 0 Å². The lowest BCUT2D eigenvalue weighted by Gasteiger charge is -2.40. The summed E-state index contributed by atoms with van der Waals surface area (Å²) in [7, 11) is 5.45. The topological polar surface area (TPSA) is 60.9 Å². The van der Waals surface area contributed by atoms with Crippen molar-refractivity contribution in [3.8, 4) is 11.5 Å². The number of aromatic nitrogens is 1. The molecule has 1 fully saturated rings. The Morgan fingerprint density at radius 1 is 1.20 bits per heavy atom. The molecule has 1 aliphatic carbocycles. The number of nitrogens with zero attached hydrogens (tertiary/aromatic N) is 2. The quantitative estimate of drug-likeness (QED) is 0.700. The first-order valence-corrected chi connectivity index (χ1v) is 10.2. The Labute approximate surface area is 177 Å². The second kappa shape index (κ2) is 8.11. The number of carbonyl (C=O) groups is 1. The molecule has 6 heteroatoms. The third-order valence-corrected chi connectivity index (χ3v) is 6.61. The van der Waals surface area contributed by atoms with Gasteiger partial charge in [0.1, 0.15) is 5.76 Å². The molecule has 2 atom stereocenters. The van der Waals surface area contributed by atoms with Crippen LogP contribution in [0.1, 0.15) is 40.7 Å². The zero-order valence-electron chi connectivity index (χ0n) is 18.0. The van der Waals surface area contributed by atoms with Crippen LogP contribution >= 0.6 is 0 Å². The number of hydrogen-bond acceptors (Lipinski definition) is 6. The van der Waals surface area contributed by atoms with Crippen molar-refractivity contribution in [1.29, 1.82) is 0 Å². The number of hydrogen-bond donors (Lipinski definition) is 0. The Morgan fingerprint density at radius 3 is 2.73 bits per heavy atom. The standard InChI is InChI=1S/C24H28N2O4/c1-16-8-11-25-15-19(16)23(27)30-18-7-9-24(10-12-26(2)22(24)14-18)17-5-6-20(28-3)21(13-17)29-4/h5-8,11,13,15,22H,9-10,12,14H2,1-4H3/t22-,24-/m0/s1. The minimum atomic E-state index is -0.342. The average Bonchev–Trinajstić information content (AvgIpc) is 3.10. The SMILES string of the molecule is COc1ccc([C@@]23CC=C(OC(=O)c4cnccc4C)C[C@@H]2N(C)CC3)cc1OC. The van der Waals surface area contributed by atoms with Gasteiger partial charge in [-0.1, -0.05) is 6.07 Å². The lowest BCUT2D eigenvalue weighted by Crippen LogP contribution is -2.43. The fourth-order valence-electron chi connectivity index (χ4n) is 4.81. The highest BCUT2D eigenvalue weighted by Crippen LogP contribution is 2.49.